The highest BCUT2D eigenvalue weighted by atomic mass is 14.8. The van der Waals surface area contributed by atoms with E-state index in [1.807, 2.05) is 24.8 Å². The second kappa shape index (κ2) is 15.4. The standard InChI is InChI=1S/C62H38N4/c1-3-9-41(10-4-1)59-53-23-19-47(49-15-7-13-45-35-43(17-21-51(45)49)39-27-31-63-32-28-39)37-57(53)65-61-55(59)25-26-56-60(42-11-5-2-6-12-42)54-24-20-48(38-58(54)66-62(56)61)50-16-8-14-46-36-44(18-22-52(46)50)40-29-33-64-34-30-40/h1-38H. The Hall–Kier alpha value is -8.86. The highest BCUT2D eigenvalue weighted by molar-refractivity contribution is 6.21. The fourth-order valence-electron chi connectivity index (χ4n) is 10.1. The lowest BCUT2D eigenvalue weighted by atomic mass is 9.90. The Kier molecular flexibility index (Phi) is 8.81. The van der Waals surface area contributed by atoms with E-state index in [9.17, 15) is 0 Å². The van der Waals surface area contributed by atoms with E-state index in [4.69, 9.17) is 9.97 Å². The van der Waals surface area contributed by atoms with Crippen molar-refractivity contribution in [3.63, 3.8) is 0 Å². The van der Waals surface area contributed by atoms with Crippen molar-refractivity contribution in [3.8, 4) is 66.8 Å². The van der Waals surface area contributed by atoms with Gasteiger partial charge in [-0.15, -0.1) is 0 Å². The Labute approximate surface area is 381 Å². The third-order valence-electron chi connectivity index (χ3n) is 13.2. The molecule has 0 unspecified atom stereocenters. The first-order valence-corrected chi connectivity index (χ1v) is 22.3. The molecule has 0 spiro atoms. The van der Waals surface area contributed by atoms with E-state index in [0.717, 1.165) is 88.1 Å². The average molecular weight is 839 g/mol. The van der Waals surface area contributed by atoms with Gasteiger partial charge in [0.2, 0.25) is 0 Å². The van der Waals surface area contributed by atoms with Crippen LogP contribution in [0.1, 0.15) is 0 Å². The van der Waals surface area contributed by atoms with Crippen molar-refractivity contribution in [2.45, 2.75) is 0 Å². The Morgan fingerprint density at radius 1 is 0.242 bits per heavy atom. The lowest BCUT2D eigenvalue weighted by Gasteiger charge is -2.17. The highest BCUT2D eigenvalue weighted by Crippen LogP contribution is 2.44. The summed E-state index contributed by atoms with van der Waals surface area (Å²) < 4.78 is 0. The molecular formula is C62H38N4. The van der Waals surface area contributed by atoms with Crippen LogP contribution in [0, 0.1) is 0 Å². The molecule has 0 atom stereocenters. The minimum Gasteiger partial charge on any atom is -0.265 e. The Bertz CT molecular complexity index is 3760. The van der Waals surface area contributed by atoms with Gasteiger partial charge in [-0.1, -0.05) is 158 Å². The van der Waals surface area contributed by atoms with Crippen molar-refractivity contribution in [3.05, 3.63) is 231 Å². The van der Waals surface area contributed by atoms with E-state index >= 15 is 0 Å². The van der Waals surface area contributed by atoms with Gasteiger partial charge >= 0.3 is 0 Å². The van der Waals surface area contributed by atoms with Crippen LogP contribution in [0.15, 0.2) is 231 Å². The average Bonchev–Trinajstić information content (AvgIpc) is 3.39. The molecule has 0 bridgehead atoms. The van der Waals surface area contributed by atoms with Crippen molar-refractivity contribution in [1.29, 1.82) is 0 Å². The van der Waals surface area contributed by atoms with Gasteiger partial charge in [0.15, 0.2) is 0 Å². The first kappa shape index (κ1) is 37.7. The number of fused-ring (bicyclic) bond motifs is 7. The molecule has 0 fully saturated rings. The summed E-state index contributed by atoms with van der Waals surface area (Å²) in [7, 11) is 0. The van der Waals surface area contributed by atoms with E-state index < -0.39 is 0 Å². The summed E-state index contributed by atoms with van der Waals surface area (Å²) >= 11 is 0. The quantitative estimate of drug-likeness (QED) is 0.124. The summed E-state index contributed by atoms with van der Waals surface area (Å²) in [6.45, 7) is 0. The molecule has 4 nitrogen and oxygen atoms in total. The number of hydrogen-bond acceptors (Lipinski definition) is 4. The third-order valence-corrected chi connectivity index (χ3v) is 13.2. The van der Waals surface area contributed by atoms with Crippen LogP contribution in [-0.4, -0.2) is 19.9 Å². The van der Waals surface area contributed by atoms with Crippen LogP contribution in [0.4, 0.5) is 0 Å². The van der Waals surface area contributed by atoms with E-state index in [0.29, 0.717) is 0 Å². The summed E-state index contributed by atoms with van der Waals surface area (Å²) in [5.41, 5.74) is 17.4. The van der Waals surface area contributed by atoms with E-state index in [2.05, 4.69) is 216 Å². The van der Waals surface area contributed by atoms with Gasteiger partial charge in [0.05, 0.1) is 22.1 Å². The molecule has 0 aliphatic heterocycles. The van der Waals surface area contributed by atoms with Crippen molar-refractivity contribution >= 4 is 65.2 Å². The maximum Gasteiger partial charge on any atom is 0.0979 e. The van der Waals surface area contributed by atoms with Gasteiger partial charge in [0.1, 0.15) is 0 Å². The minimum atomic E-state index is 0.884. The van der Waals surface area contributed by atoms with Gasteiger partial charge in [0, 0.05) is 57.5 Å². The molecule has 0 aliphatic rings. The van der Waals surface area contributed by atoms with Gasteiger partial charge in [0.25, 0.3) is 0 Å². The molecule has 0 aliphatic carbocycles. The Balaban J connectivity index is 1.05. The zero-order valence-electron chi connectivity index (χ0n) is 35.7. The molecule has 0 N–H and O–H groups in total. The topological polar surface area (TPSA) is 51.6 Å². The van der Waals surface area contributed by atoms with Gasteiger partial charge < -0.3 is 0 Å². The number of rotatable bonds is 6. The second-order valence-electron chi connectivity index (χ2n) is 17.0. The number of benzene rings is 9. The molecule has 13 aromatic rings. The molecule has 0 saturated carbocycles. The lowest BCUT2D eigenvalue weighted by molar-refractivity contribution is 1.33. The monoisotopic (exact) mass is 838 g/mol. The lowest BCUT2D eigenvalue weighted by Crippen LogP contribution is -1.95. The van der Waals surface area contributed by atoms with Gasteiger partial charge in [-0.25, -0.2) is 9.97 Å². The van der Waals surface area contributed by atoms with Crippen LogP contribution in [0.25, 0.3) is 132 Å². The number of aromatic nitrogens is 4. The summed E-state index contributed by atoms with van der Waals surface area (Å²) in [5, 5.41) is 9.12. The van der Waals surface area contributed by atoms with E-state index in [1.54, 1.807) is 0 Å². The summed E-state index contributed by atoms with van der Waals surface area (Å²) in [4.78, 5) is 19.7. The van der Waals surface area contributed by atoms with E-state index in [-0.39, 0.29) is 0 Å². The van der Waals surface area contributed by atoms with Crippen LogP contribution in [-0.2, 0) is 0 Å². The van der Waals surface area contributed by atoms with Crippen molar-refractivity contribution in [2.24, 2.45) is 0 Å². The molecule has 13 rings (SSSR count). The number of pyridine rings is 4. The van der Waals surface area contributed by atoms with Gasteiger partial charge in [-0.05, 0) is 126 Å². The van der Waals surface area contributed by atoms with Crippen molar-refractivity contribution in [2.75, 3.05) is 0 Å². The fraction of sp³-hybridized carbons (Fsp3) is 0. The Morgan fingerprint density at radius 2 is 0.636 bits per heavy atom. The molecular weight excluding hydrogens is 801 g/mol. The first-order valence-electron chi connectivity index (χ1n) is 22.3. The Morgan fingerprint density at radius 3 is 1.08 bits per heavy atom. The molecule has 0 amide bonds. The SMILES string of the molecule is c1ccc(-c2c3ccc(-c4cccc5cc(-c6ccncc6)ccc45)cc3nc3c2ccc2c(-c4ccccc4)c4ccc(-c5cccc6cc(-c7ccncc7)ccc56)cc4nc23)cc1. The first-order chi connectivity index (χ1) is 32.7. The molecule has 4 heterocycles. The summed E-state index contributed by atoms with van der Waals surface area (Å²) in [5.74, 6) is 0. The molecule has 9 aromatic carbocycles. The summed E-state index contributed by atoms with van der Waals surface area (Å²) in [6.07, 6.45) is 7.38. The van der Waals surface area contributed by atoms with Crippen LogP contribution in [0.2, 0.25) is 0 Å². The normalized spacial score (nSPS) is 11.6. The highest BCUT2D eigenvalue weighted by Gasteiger charge is 2.20. The molecule has 0 radical (unpaired) electrons. The molecule has 0 saturated heterocycles. The zero-order chi connectivity index (χ0) is 43.6. The molecule has 4 heteroatoms. The number of hydrogen-bond donors (Lipinski definition) is 0. The van der Waals surface area contributed by atoms with Crippen LogP contribution < -0.4 is 0 Å². The molecule has 306 valence electrons. The van der Waals surface area contributed by atoms with Crippen LogP contribution in [0.5, 0.6) is 0 Å². The van der Waals surface area contributed by atoms with Crippen LogP contribution in [0.3, 0.4) is 0 Å². The minimum absolute atomic E-state index is 0.884. The smallest absolute Gasteiger partial charge is 0.0979 e. The van der Waals surface area contributed by atoms with Gasteiger partial charge in [-0.3, -0.25) is 9.97 Å². The van der Waals surface area contributed by atoms with Crippen molar-refractivity contribution in [1.82, 2.24) is 19.9 Å². The summed E-state index contributed by atoms with van der Waals surface area (Å²) in [6, 6.07) is 74.3. The molecule has 4 aromatic heterocycles. The fourth-order valence-corrected chi connectivity index (χ4v) is 10.1. The zero-order valence-corrected chi connectivity index (χ0v) is 35.7. The number of nitrogens with zero attached hydrogens (tertiary/aromatic N) is 4. The van der Waals surface area contributed by atoms with Crippen molar-refractivity contribution < 1.29 is 0 Å². The predicted molar refractivity (Wildman–Crippen MR) is 275 cm³/mol. The maximum absolute atomic E-state index is 5.64. The predicted octanol–water partition coefficient (Wildman–Crippen LogP) is 16.2. The van der Waals surface area contributed by atoms with E-state index in [1.165, 1.54) is 43.8 Å². The largest absolute Gasteiger partial charge is 0.265 e. The molecule has 66 heavy (non-hydrogen) atoms. The van der Waals surface area contributed by atoms with Crippen LogP contribution >= 0.6 is 0 Å². The van der Waals surface area contributed by atoms with Gasteiger partial charge in [-0.2, -0.15) is 0 Å². The third kappa shape index (κ3) is 6.30. The maximum atomic E-state index is 5.64. The second-order valence-corrected chi connectivity index (χ2v) is 17.0.